The normalized spacial score (nSPS) is 12.5. The molecule has 1 nitrogen and oxygen atoms in total. The number of alkyl halides is 8. The minimum atomic E-state index is -5.83. The summed E-state index contributed by atoms with van der Waals surface area (Å²) in [6, 6.07) is -4.76. The van der Waals surface area contributed by atoms with Crippen LogP contribution in [0.4, 0.5) is 70.2 Å². The van der Waals surface area contributed by atoms with Gasteiger partial charge >= 0.3 is 18.4 Å². The van der Waals surface area contributed by atoms with Crippen molar-refractivity contribution in [2.24, 2.45) is 0 Å². The van der Waals surface area contributed by atoms with E-state index in [9.17, 15) is 70.2 Å². The Morgan fingerprint density at radius 3 is 1.31 bits per heavy atom. The van der Waals surface area contributed by atoms with Crippen LogP contribution in [0.5, 0.6) is 0 Å². The van der Waals surface area contributed by atoms with Gasteiger partial charge in [-0.15, -0.1) is 0 Å². The standard InChI is InChI=1S/C14H3F11.C5H8F5N/c1-2-3(4-7(16)11(20)13(22)12(21)8(4)17)5(14(23,24)25)9(18)10(19)6(2)15;1-2-3-11-5(9,10)4(6,7)8/h1H3;11H,2-3H2,1H3. The molecule has 0 atom stereocenters. The van der Waals surface area contributed by atoms with Crippen LogP contribution >= 0.6 is 0 Å². The molecule has 0 unspecified atom stereocenters. The third-order valence-electron chi connectivity index (χ3n) is 4.26. The first kappa shape index (κ1) is 31.3. The van der Waals surface area contributed by atoms with Crippen molar-refractivity contribution in [1.29, 1.82) is 0 Å². The van der Waals surface area contributed by atoms with Gasteiger partial charge < -0.3 is 0 Å². The summed E-state index contributed by atoms with van der Waals surface area (Å²) in [6.07, 6.45) is -11.1. The molecule has 0 aromatic heterocycles. The third kappa shape index (κ3) is 5.98. The number of halogens is 16. The van der Waals surface area contributed by atoms with Crippen LogP contribution in [-0.4, -0.2) is 18.8 Å². The molecule has 0 aliphatic heterocycles. The minimum Gasteiger partial charge on any atom is -0.250 e. The highest BCUT2D eigenvalue weighted by Crippen LogP contribution is 2.45. The molecule has 0 aliphatic carbocycles. The molecule has 0 saturated heterocycles. The lowest BCUT2D eigenvalue weighted by atomic mass is 9.92. The van der Waals surface area contributed by atoms with E-state index in [4.69, 9.17) is 0 Å². The molecule has 0 amide bonds. The van der Waals surface area contributed by atoms with E-state index in [-0.39, 0.29) is 13.0 Å². The van der Waals surface area contributed by atoms with Gasteiger partial charge in [-0.2, -0.15) is 35.1 Å². The Kier molecular flexibility index (Phi) is 9.32. The quantitative estimate of drug-likeness (QED) is 0.174. The van der Waals surface area contributed by atoms with E-state index in [1.54, 1.807) is 0 Å². The second-order valence-electron chi connectivity index (χ2n) is 6.76. The molecule has 2 aromatic carbocycles. The van der Waals surface area contributed by atoms with Crippen molar-refractivity contribution in [3.63, 3.8) is 0 Å². The summed E-state index contributed by atoms with van der Waals surface area (Å²) in [6.45, 7) is 1.51. The molecule has 0 saturated carbocycles. The first-order valence-electron chi connectivity index (χ1n) is 9.08. The molecular formula is C19H11F16N. The molecule has 0 aliphatic rings. The number of nitrogens with one attached hydrogen (secondary N) is 1. The van der Waals surface area contributed by atoms with E-state index < -0.39 is 87.2 Å². The van der Waals surface area contributed by atoms with Crippen LogP contribution in [0.3, 0.4) is 0 Å². The predicted octanol–water partition coefficient (Wildman–Crippen LogP) is 7.93. The maximum absolute atomic E-state index is 13.8. The van der Waals surface area contributed by atoms with Crippen molar-refractivity contribution in [3.05, 3.63) is 57.7 Å². The van der Waals surface area contributed by atoms with Crippen LogP contribution in [-0.2, 0) is 6.18 Å². The Morgan fingerprint density at radius 2 is 0.944 bits per heavy atom. The highest BCUT2D eigenvalue weighted by Gasteiger charge is 2.57. The van der Waals surface area contributed by atoms with Crippen molar-refractivity contribution < 1.29 is 70.2 Å². The van der Waals surface area contributed by atoms with Gasteiger partial charge in [0.25, 0.3) is 0 Å². The average molecular weight is 557 g/mol. The van der Waals surface area contributed by atoms with Gasteiger partial charge in [0.2, 0.25) is 5.82 Å². The SMILES string of the molecule is CCCNC(F)(F)C(F)(F)F.Cc1c(F)c(F)c(F)c(C(F)(F)F)c1-c1c(F)c(F)c(F)c(F)c1F. The van der Waals surface area contributed by atoms with Crippen LogP contribution in [0.25, 0.3) is 11.1 Å². The van der Waals surface area contributed by atoms with Crippen molar-refractivity contribution in [1.82, 2.24) is 5.32 Å². The zero-order valence-corrected chi connectivity index (χ0v) is 17.5. The zero-order chi connectivity index (χ0) is 28.5. The Labute approximate surface area is 190 Å². The lowest BCUT2D eigenvalue weighted by Crippen LogP contribution is -2.49. The van der Waals surface area contributed by atoms with Crippen LogP contribution < -0.4 is 5.32 Å². The number of hydrogen-bond donors (Lipinski definition) is 1. The zero-order valence-electron chi connectivity index (χ0n) is 17.5. The third-order valence-corrected chi connectivity index (χ3v) is 4.26. The first-order valence-corrected chi connectivity index (χ1v) is 9.08. The van der Waals surface area contributed by atoms with E-state index >= 15 is 0 Å². The molecule has 0 heterocycles. The average Bonchev–Trinajstić information content (AvgIpc) is 2.75. The Hall–Kier alpha value is -2.72. The number of rotatable bonds is 4. The predicted molar refractivity (Wildman–Crippen MR) is 90.6 cm³/mol. The smallest absolute Gasteiger partial charge is 0.250 e. The van der Waals surface area contributed by atoms with Gasteiger partial charge in [-0.25, -0.2) is 35.1 Å². The minimum absolute atomic E-state index is 0.228. The summed E-state index contributed by atoms with van der Waals surface area (Å²) in [5.74, 6) is -21.2. The topological polar surface area (TPSA) is 12.0 Å². The fraction of sp³-hybridized carbons (Fsp3) is 0.368. The number of hydrogen-bond acceptors (Lipinski definition) is 1. The lowest BCUT2D eigenvalue weighted by molar-refractivity contribution is -0.295. The van der Waals surface area contributed by atoms with Gasteiger partial charge in [0, 0.05) is 12.1 Å². The van der Waals surface area contributed by atoms with Crippen LogP contribution in [0, 0.1) is 53.5 Å². The van der Waals surface area contributed by atoms with E-state index in [2.05, 4.69) is 0 Å². The Morgan fingerprint density at radius 1 is 0.556 bits per heavy atom. The van der Waals surface area contributed by atoms with Crippen LogP contribution in [0.2, 0.25) is 0 Å². The number of benzene rings is 2. The maximum Gasteiger partial charge on any atom is 0.469 e. The van der Waals surface area contributed by atoms with Crippen molar-refractivity contribution in [2.75, 3.05) is 6.54 Å². The van der Waals surface area contributed by atoms with Gasteiger partial charge in [-0.3, -0.25) is 5.32 Å². The van der Waals surface area contributed by atoms with Gasteiger partial charge in [-0.05, 0) is 18.9 Å². The fourth-order valence-corrected chi connectivity index (χ4v) is 2.56. The Bertz CT molecular complexity index is 1090. The summed E-state index contributed by atoms with van der Waals surface area (Å²) in [4.78, 5) is 0. The maximum atomic E-state index is 13.8. The monoisotopic (exact) mass is 557 g/mol. The summed E-state index contributed by atoms with van der Waals surface area (Å²) < 4.78 is 204. The van der Waals surface area contributed by atoms with Crippen molar-refractivity contribution in [2.45, 2.75) is 38.7 Å². The summed E-state index contributed by atoms with van der Waals surface area (Å²) >= 11 is 0. The summed E-state index contributed by atoms with van der Waals surface area (Å²) in [7, 11) is 0. The highest BCUT2D eigenvalue weighted by molar-refractivity contribution is 5.73. The molecule has 1 N–H and O–H groups in total. The van der Waals surface area contributed by atoms with Gasteiger partial charge in [0.1, 0.15) is 5.56 Å². The Balaban J connectivity index is 0.000000497. The highest BCUT2D eigenvalue weighted by atomic mass is 19.4. The molecule has 0 fully saturated rings. The summed E-state index contributed by atoms with van der Waals surface area (Å²) in [5.41, 5.74) is -8.45. The van der Waals surface area contributed by atoms with Crippen molar-refractivity contribution in [3.8, 4) is 11.1 Å². The largest absolute Gasteiger partial charge is 0.469 e. The first-order chi connectivity index (χ1) is 16.1. The second kappa shape index (κ2) is 10.7. The molecule has 36 heavy (non-hydrogen) atoms. The van der Waals surface area contributed by atoms with E-state index in [1.807, 2.05) is 0 Å². The second-order valence-corrected chi connectivity index (χ2v) is 6.76. The molecule has 17 heteroatoms. The van der Waals surface area contributed by atoms with E-state index in [0.717, 1.165) is 5.32 Å². The molecule has 2 aromatic rings. The molecule has 0 spiro atoms. The van der Waals surface area contributed by atoms with Gasteiger partial charge in [0.05, 0.1) is 5.56 Å². The van der Waals surface area contributed by atoms with Crippen molar-refractivity contribution >= 4 is 0 Å². The summed E-state index contributed by atoms with van der Waals surface area (Å²) in [5, 5.41) is 1.09. The van der Waals surface area contributed by atoms with Gasteiger partial charge in [-0.1, -0.05) is 6.92 Å². The molecule has 0 bridgehead atoms. The molecule has 2 rings (SSSR count). The van der Waals surface area contributed by atoms with E-state index in [1.165, 1.54) is 6.92 Å². The molecule has 204 valence electrons. The molecular weight excluding hydrogens is 546 g/mol. The van der Waals surface area contributed by atoms with E-state index in [0.29, 0.717) is 6.92 Å². The van der Waals surface area contributed by atoms with Gasteiger partial charge in [0.15, 0.2) is 40.7 Å². The van der Waals surface area contributed by atoms with Crippen LogP contribution in [0.15, 0.2) is 0 Å². The molecule has 0 radical (unpaired) electrons. The van der Waals surface area contributed by atoms with Crippen LogP contribution in [0.1, 0.15) is 24.5 Å². The lowest BCUT2D eigenvalue weighted by Gasteiger charge is -2.19. The fourth-order valence-electron chi connectivity index (χ4n) is 2.56.